The van der Waals surface area contributed by atoms with Crippen LogP contribution < -0.4 is 0 Å². The fourth-order valence-electron chi connectivity index (χ4n) is 0.760. The number of hydrogen-bond acceptors (Lipinski definition) is 4. The second-order valence-corrected chi connectivity index (χ2v) is 3.77. The molecule has 82 valence electrons. The third-order valence-electron chi connectivity index (χ3n) is 1.26. The first-order chi connectivity index (χ1) is 6.15. The number of aliphatic hydroxyl groups excluding tert-OH is 1. The molecule has 6 nitrogen and oxygen atoms in total. The summed E-state index contributed by atoms with van der Waals surface area (Å²) in [6.07, 6.45) is -3.82. The Morgan fingerprint density at radius 3 is 1.79 bits per heavy atom. The highest BCUT2D eigenvalue weighted by Crippen LogP contribution is 2.13. The summed E-state index contributed by atoms with van der Waals surface area (Å²) in [6, 6.07) is 0. The van der Waals surface area contributed by atoms with Crippen molar-refractivity contribution in [2.24, 2.45) is 0 Å². The standard InChI is InChI=1S/C8H14O6/c1-8(2,3)14-5(7(12)13)4(9)6(10)11/h4-5,9H,1-3H3,(H,10,11)(H,12,13). The van der Waals surface area contributed by atoms with Crippen LogP contribution in [0.25, 0.3) is 0 Å². The summed E-state index contributed by atoms with van der Waals surface area (Å²) in [5, 5.41) is 26.0. The zero-order valence-electron chi connectivity index (χ0n) is 8.22. The van der Waals surface area contributed by atoms with E-state index in [1.54, 1.807) is 20.8 Å². The van der Waals surface area contributed by atoms with E-state index in [1.165, 1.54) is 0 Å². The average Bonchev–Trinajstić information content (AvgIpc) is 1.96. The molecule has 3 N–H and O–H groups in total. The van der Waals surface area contributed by atoms with Crippen molar-refractivity contribution in [3.63, 3.8) is 0 Å². The van der Waals surface area contributed by atoms with Gasteiger partial charge in [-0.25, -0.2) is 9.59 Å². The van der Waals surface area contributed by atoms with Gasteiger partial charge in [-0.05, 0) is 20.8 Å². The predicted octanol–water partition coefficient (Wildman–Crippen LogP) is -0.300. The molecular formula is C8H14O6. The largest absolute Gasteiger partial charge is 0.479 e. The van der Waals surface area contributed by atoms with E-state index in [9.17, 15) is 9.59 Å². The van der Waals surface area contributed by atoms with Crippen LogP contribution >= 0.6 is 0 Å². The molecule has 0 rings (SSSR count). The third kappa shape index (κ3) is 4.20. The second kappa shape index (κ2) is 4.39. The van der Waals surface area contributed by atoms with Crippen molar-refractivity contribution in [3.05, 3.63) is 0 Å². The number of carboxylic acids is 2. The number of aliphatic carboxylic acids is 2. The van der Waals surface area contributed by atoms with Gasteiger partial charge in [0.1, 0.15) is 0 Å². The maximum absolute atomic E-state index is 10.6. The van der Waals surface area contributed by atoms with Crippen molar-refractivity contribution in [3.8, 4) is 0 Å². The predicted molar refractivity (Wildman–Crippen MR) is 45.9 cm³/mol. The van der Waals surface area contributed by atoms with E-state index in [0.717, 1.165) is 0 Å². The Kier molecular flexibility index (Phi) is 4.03. The smallest absolute Gasteiger partial charge is 0.336 e. The average molecular weight is 206 g/mol. The molecule has 0 aromatic heterocycles. The molecule has 0 saturated carbocycles. The lowest BCUT2D eigenvalue weighted by Gasteiger charge is -2.26. The van der Waals surface area contributed by atoms with E-state index in [0.29, 0.717) is 0 Å². The number of aliphatic hydroxyl groups is 1. The van der Waals surface area contributed by atoms with Gasteiger partial charge in [0.25, 0.3) is 0 Å². The minimum atomic E-state index is -2.06. The summed E-state index contributed by atoms with van der Waals surface area (Å²) >= 11 is 0. The molecular weight excluding hydrogens is 192 g/mol. The summed E-state index contributed by atoms with van der Waals surface area (Å²) in [7, 11) is 0. The van der Waals surface area contributed by atoms with E-state index in [4.69, 9.17) is 20.1 Å². The minimum absolute atomic E-state index is 0.834. The third-order valence-corrected chi connectivity index (χ3v) is 1.26. The van der Waals surface area contributed by atoms with E-state index in [-0.39, 0.29) is 0 Å². The van der Waals surface area contributed by atoms with Gasteiger partial charge in [-0.3, -0.25) is 0 Å². The van der Waals surface area contributed by atoms with E-state index in [2.05, 4.69) is 0 Å². The van der Waals surface area contributed by atoms with Crippen LogP contribution in [0.4, 0.5) is 0 Å². The van der Waals surface area contributed by atoms with Crippen molar-refractivity contribution < 1.29 is 29.6 Å². The molecule has 0 radical (unpaired) electrons. The number of carbonyl (C=O) groups is 2. The molecule has 0 bridgehead atoms. The first-order valence-electron chi connectivity index (χ1n) is 3.96. The van der Waals surface area contributed by atoms with Crippen molar-refractivity contribution in [2.75, 3.05) is 0 Å². The quantitative estimate of drug-likeness (QED) is 0.583. The first kappa shape index (κ1) is 12.9. The summed E-state index contributed by atoms with van der Waals surface area (Å²) < 4.78 is 4.89. The van der Waals surface area contributed by atoms with Crippen molar-refractivity contribution in [1.82, 2.24) is 0 Å². The van der Waals surface area contributed by atoms with Crippen LogP contribution in [0.3, 0.4) is 0 Å². The fourth-order valence-corrected chi connectivity index (χ4v) is 0.760. The molecule has 0 aliphatic rings. The van der Waals surface area contributed by atoms with Crippen LogP contribution in [0.5, 0.6) is 0 Å². The van der Waals surface area contributed by atoms with Gasteiger partial charge in [-0.1, -0.05) is 0 Å². The van der Waals surface area contributed by atoms with Crippen LogP contribution in [0.15, 0.2) is 0 Å². The Morgan fingerprint density at radius 1 is 1.14 bits per heavy atom. The molecule has 0 fully saturated rings. The summed E-state index contributed by atoms with van der Waals surface area (Å²) in [4.78, 5) is 20.9. The lowest BCUT2D eigenvalue weighted by molar-refractivity contribution is -0.182. The van der Waals surface area contributed by atoms with Crippen molar-refractivity contribution in [1.29, 1.82) is 0 Å². The molecule has 0 saturated heterocycles. The molecule has 14 heavy (non-hydrogen) atoms. The van der Waals surface area contributed by atoms with Gasteiger partial charge in [0, 0.05) is 0 Å². The molecule has 0 aliphatic heterocycles. The summed E-state index contributed by atoms with van der Waals surface area (Å²) in [6.45, 7) is 4.70. The SMILES string of the molecule is CC(C)(C)OC(C(=O)O)C(O)C(=O)O. The lowest BCUT2D eigenvalue weighted by Crippen LogP contribution is -2.45. The molecule has 0 aromatic carbocycles. The van der Waals surface area contributed by atoms with Gasteiger partial charge < -0.3 is 20.1 Å². The Hall–Kier alpha value is -1.14. The molecule has 0 heterocycles. The van der Waals surface area contributed by atoms with E-state index >= 15 is 0 Å². The Balaban J connectivity index is 4.62. The number of ether oxygens (including phenoxy) is 1. The zero-order valence-corrected chi connectivity index (χ0v) is 8.22. The lowest BCUT2D eigenvalue weighted by atomic mass is 10.1. The molecule has 0 aliphatic carbocycles. The molecule has 0 spiro atoms. The van der Waals surface area contributed by atoms with Crippen LogP contribution in [-0.4, -0.2) is 45.1 Å². The van der Waals surface area contributed by atoms with Gasteiger partial charge in [0.2, 0.25) is 0 Å². The Labute approximate surface area is 81.1 Å². The molecule has 6 heteroatoms. The second-order valence-electron chi connectivity index (χ2n) is 3.77. The topological polar surface area (TPSA) is 104 Å². The highest BCUT2D eigenvalue weighted by Gasteiger charge is 2.36. The van der Waals surface area contributed by atoms with Gasteiger partial charge >= 0.3 is 11.9 Å². The summed E-state index contributed by atoms with van der Waals surface area (Å²) in [5.41, 5.74) is -0.834. The fraction of sp³-hybridized carbons (Fsp3) is 0.750. The van der Waals surface area contributed by atoms with Crippen LogP contribution in [-0.2, 0) is 14.3 Å². The van der Waals surface area contributed by atoms with E-state index in [1.807, 2.05) is 0 Å². The highest BCUT2D eigenvalue weighted by atomic mass is 16.5. The zero-order chi connectivity index (χ0) is 11.5. The monoisotopic (exact) mass is 206 g/mol. The van der Waals surface area contributed by atoms with Crippen LogP contribution in [0, 0.1) is 0 Å². The Morgan fingerprint density at radius 2 is 1.57 bits per heavy atom. The summed E-state index contributed by atoms with van der Waals surface area (Å²) in [5.74, 6) is -3.13. The number of carboxylic acid groups (broad SMARTS) is 2. The molecule has 2 atom stereocenters. The van der Waals surface area contributed by atoms with Gasteiger partial charge in [0.15, 0.2) is 12.2 Å². The van der Waals surface area contributed by atoms with Gasteiger partial charge in [-0.15, -0.1) is 0 Å². The van der Waals surface area contributed by atoms with Crippen LogP contribution in [0.1, 0.15) is 20.8 Å². The van der Waals surface area contributed by atoms with Gasteiger partial charge in [-0.2, -0.15) is 0 Å². The molecule has 0 aromatic rings. The normalized spacial score (nSPS) is 16.0. The van der Waals surface area contributed by atoms with E-state index < -0.39 is 29.7 Å². The maximum Gasteiger partial charge on any atom is 0.336 e. The molecule has 0 amide bonds. The minimum Gasteiger partial charge on any atom is -0.479 e. The first-order valence-corrected chi connectivity index (χ1v) is 3.96. The van der Waals surface area contributed by atoms with Crippen molar-refractivity contribution >= 4 is 11.9 Å². The van der Waals surface area contributed by atoms with Crippen LogP contribution in [0.2, 0.25) is 0 Å². The number of hydrogen-bond donors (Lipinski definition) is 3. The number of rotatable bonds is 4. The molecule has 2 unspecified atom stereocenters. The highest BCUT2D eigenvalue weighted by molar-refractivity contribution is 5.83. The maximum atomic E-state index is 10.6. The van der Waals surface area contributed by atoms with Crippen molar-refractivity contribution in [2.45, 2.75) is 38.6 Å². The Bertz CT molecular complexity index is 228. The van der Waals surface area contributed by atoms with Gasteiger partial charge in [0.05, 0.1) is 5.60 Å².